The molecule has 1 amide bonds. The highest BCUT2D eigenvalue weighted by Crippen LogP contribution is 2.05. The molecule has 0 fully saturated rings. The average Bonchev–Trinajstić information content (AvgIpc) is 2.28. The van der Waals surface area contributed by atoms with Gasteiger partial charge in [-0.3, -0.25) is 4.79 Å². The maximum atomic E-state index is 11.8. The topological polar surface area (TPSA) is 66.9 Å². The molecule has 5 heteroatoms. The van der Waals surface area contributed by atoms with Crippen molar-refractivity contribution in [2.75, 3.05) is 12.4 Å². The van der Waals surface area contributed by atoms with Crippen LogP contribution in [0.5, 0.6) is 0 Å². The summed E-state index contributed by atoms with van der Waals surface area (Å²) in [7, 11) is 1.76. The molecule has 0 radical (unpaired) electrons. The van der Waals surface area contributed by atoms with Crippen molar-refractivity contribution in [2.45, 2.75) is 33.2 Å². The van der Waals surface area contributed by atoms with Gasteiger partial charge in [0, 0.05) is 13.1 Å². The average molecular weight is 236 g/mol. The molecule has 0 aliphatic rings. The van der Waals surface area contributed by atoms with Gasteiger partial charge in [-0.25, -0.2) is 0 Å². The molecular formula is C12H20N4O. The summed E-state index contributed by atoms with van der Waals surface area (Å²) in [4.78, 5) is 11.8. The maximum Gasteiger partial charge on any atom is 0.272 e. The molecule has 0 aromatic carbocycles. The normalized spacial score (nSPS) is 12.3. The number of aromatic nitrogens is 2. The van der Waals surface area contributed by atoms with E-state index in [-0.39, 0.29) is 11.9 Å². The SMILES string of the molecule is CNc1ccc(C(=O)NC(C)CC(C)C)nn1. The van der Waals surface area contributed by atoms with Crippen molar-refractivity contribution in [2.24, 2.45) is 5.92 Å². The van der Waals surface area contributed by atoms with Crippen molar-refractivity contribution >= 4 is 11.7 Å². The minimum atomic E-state index is -0.173. The molecule has 1 heterocycles. The predicted octanol–water partition coefficient (Wildman–Crippen LogP) is 1.68. The first-order valence-electron chi connectivity index (χ1n) is 5.85. The number of nitrogens with zero attached hydrogens (tertiary/aromatic N) is 2. The zero-order valence-electron chi connectivity index (χ0n) is 10.8. The van der Waals surface area contributed by atoms with Crippen molar-refractivity contribution in [1.82, 2.24) is 15.5 Å². The quantitative estimate of drug-likeness (QED) is 0.816. The molecule has 17 heavy (non-hydrogen) atoms. The van der Waals surface area contributed by atoms with E-state index < -0.39 is 0 Å². The van der Waals surface area contributed by atoms with Gasteiger partial charge in [-0.2, -0.15) is 0 Å². The molecule has 0 bridgehead atoms. The highest BCUT2D eigenvalue weighted by atomic mass is 16.2. The van der Waals surface area contributed by atoms with E-state index in [2.05, 4.69) is 34.7 Å². The lowest BCUT2D eigenvalue weighted by molar-refractivity contribution is 0.0930. The molecule has 1 aromatic heterocycles. The minimum Gasteiger partial charge on any atom is -0.372 e. The smallest absolute Gasteiger partial charge is 0.272 e. The van der Waals surface area contributed by atoms with Crippen LogP contribution in [0.15, 0.2) is 12.1 Å². The fourth-order valence-corrected chi connectivity index (χ4v) is 1.65. The van der Waals surface area contributed by atoms with E-state index in [1.807, 2.05) is 6.92 Å². The lowest BCUT2D eigenvalue weighted by atomic mass is 10.1. The number of nitrogens with one attached hydrogen (secondary N) is 2. The van der Waals surface area contributed by atoms with Crippen LogP contribution in [-0.2, 0) is 0 Å². The van der Waals surface area contributed by atoms with E-state index in [1.165, 1.54) is 0 Å². The van der Waals surface area contributed by atoms with E-state index in [9.17, 15) is 4.79 Å². The van der Waals surface area contributed by atoms with Crippen molar-refractivity contribution < 1.29 is 4.79 Å². The number of hydrogen-bond donors (Lipinski definition) is 2. The monoisotopic (exact) mass is 236 g/mol. The van der Waals surface area contributed by atoms with Crippen LogP contribution >= 0.6 is 0 Å². The van der Waals surface area contributed by atoms with Crippen LogP contribution in [0.25, 0.3) is 0 Å². The molecule has 0 saturated carbocycles. The molecule has 1 rings (SSSR count). The van der Waals surface area contributed by atoms with Crippen molar-refractivity contribution in [1.29, 1.82) is 0 Å². The van der Waals surface area contributed by atoms with E-state index in [1.54, 1.807) is 19.2 Å². The molecule has 5 nitrogen and oxygen atoms in total. The van der Waals surface area contributed by atoms with Gasteiger partial charge in [0.15, 0.2) is 5.69 Å². The zero-order chi connectivity index (χ0) is 12.8. The van der Waals surface area contributed by atoms with E-state index >= 15 is 0 Å². The Bertz CT molecular complexity index is 361. The zero-order valence-corrected chi connectivity index (χ0v) is 10.8. The second-order valence-corrected chi connectivity index (χ2v) is 4.56. The van der Waals surface area contributed by atoms with Crippen LogP contribution in [0.3, 0.4) is 0 Å². The van der Waals surface area contributed by atoms with Crippen LogP contribution in [0, 0.1) is 5.92 Å². The summed E-state index contributed by atoms with van der Waals surface area (Å²) < 4.78 is 0. The molecule has 94 valence electrons. The Labute approximate surface area is 102 Å². The second-order valence-electron chi connectivity index (χ2n) is 4.56. The Balaban J connectivity index is 2.57. The summed E-state index contributed by atoms with van der Waals surface area (Å²) in [5.74, 6) is 1.04. The van der Waals surface area contributed by atoms with Gasteiger partial charge in [-0.05, 0) is 31.4 Å². The van der Waals surface area contributed by atoms with Crippen LogP contribution in [0.2, 0.25) is 0 Å². The van der Waals surface area contributed by atoms with Gasteiger partial charge in [0.2, 0.25) is 0 Å². The Kier molecular flexibility index (Phi) is 4.87. The molecule has 0 saturated heterocycles. The van der Waals surface area contributed by atoms with Crippen molar-refractivity contribution in [3.8, 4) is 0 Å². The highest BCUT2D eigenvalue weighted by Gasteiger charge is 2.12. The Morgan fingerprint density at radius 1 is 1.29 bits per heavy atom. The van der Waals surface area contributed by atoms with Crippen molar-refractivity contribution in [3.05, 3.63) is 17.8 Å². The Morgan fingerprint density at radius 2 is 2.00 bits per heavy atom. The first-order chi connectivity index (χ1) is 8.02. The Hall–Kier alpha value is -1.65. The number of carbonyl (C=O) groups is 1. The largest absolute Gasteiger partial charge is 0.372 e. The summed E-state index contributed by atoms with van der Waals surface area (Å²) in [5.41, 5.74) is 0.347. The fourth-order valence-electron chi connectivity index (χ4n) is 1.65. The molecule has 1 unspecified atom stereocenters. The molecule has 2 N–H and O–H groups in total. The predicted molar refractivity (Wildman–Crippen MR) is 68.0 cm³/mol. The summed E-state index contributed by atoms with van der Waals surface area (Å²) in [6.07, 6.45) is 0.952. The molecule has 0 aliphatic heterocycles. The van der Waals surface area contributed by atoms with E-state index in [0.717, 1.165) is 6.42 Å². The molecule has 0 aliphatic carbocycles. The number of carbonyl (C=O) groups excluding carboxylic acids is 1. The number of rotatable bonds is 5. The maximum absolute atomic E-state index is 11.8. The summed E-state index contributed by atoms with van der Waals surface area (Å²) in [6.45, 7) is 6.25. The van der Waals surface area contributed by atoms with Gasteiger partial charge in [0.05, 0.1) is 0 Å². The van der Waals surface area contributed by atoms with Gasteiger partial charge in [-0.15, -0.1) is 10.2 Å². The minimum absolute atomic E-state index is 0.147. The standard InChI is InChI=1S/C12H20N4O/c1-8(2)7-9(3)14-12(17)10-5-6-11(13-4)16-15-10/h5-6,8-9H,7H2,1-4H3,(H,13,16)(H,14,17). The van der Waals surface area contributed by atoms with Crippen LogP contribution in [0.1, 0.15) is 37.7 Å². The van der Waals surface area contributed by atoms with E-state index in [0.29, 0.717) is 17.4 Å². The van der Waals surface area contributed by atoms with Gasteiger partial charge in [0.25, 0.3) is 5.91 Å². The third kappa shape index (κ3) is 4.38. The third-order valence-electron chi connectivity index (χ3n) is 2.36. The molecule has 1 atom stereocenters. The van der Waals surface area contributed by atoms with Crippen LogP contribution in [0.4, 0.5) is 5.82 Å². The lowest BCUT2D eigenvalue weighted by Gasteiger charge is -2.15. The number of hydrogen-bond acceptors (Lipinski definition) is 4. The van der Waals surface area contributed by atoms with Crippen LogP contribution in [-0.4, -0.2) is 29.2 Å². The van der Waals surface area contributed by atoms with Gasteiger partial charge in [-0.1, -0.05) is 13.8 Å². The highest BCUT2D eigenvalue weighted by molar-refractivity contribution is 5.92. The fraction of sp³-hybridized carbons (Fsp3) is 0.583. The van der Waals surface area contributed by atoms with Gasteiger partial charge in [0.1, 0.15) is 5.82 Å². The van der Waals surface area contributed by atoms with Crippen molar-refractivity contribution in [3.63, 3.8) is 0 Å². The first-order valence-corrected chi connectivity index (χ1v) is 5.85. The van der Waals surface area contributed by atoms with Gasteiger partial charge < -0.3 is 10.6 Å². The summed E-state index contributed by atoms with van der Waals surface area (Å²) in [5, 5.41) is 13.5. The van der Waals surface area contributed by atoms with Gasteiger partial charge >= 0.3 is 0 Å². The molecule has 0 spiro atoms. The van der Waals surface area contributed by atoms with Crippen LogP contribution < -0.4 is 10.6 Å². The number of amides is 1. The van der Waals surface area contributed by atoms with E-state index in [4.69, 9.17) is 0 Å². The third-order valence-corrected chi connectivity index (χ3v) is 2.36. The second kappa shape index (κ2) is 6.18. The molecule has 1 aromatic rings. The summed E-state index contributed by atoms with van der Waals surface area (Å²) >= 11 is 0. The Morgan fingerprint density at radius 3 is 2.47 bits per heavy atom. The lowest BCUT2D eigenvalue weighted by Crippen LogP contribution is -2.34. The first kappa shape index (κ1) is 13.4. The summed E-state index contributed by atoms with van der Waals surface area (Å²) in [6, 6.07) is 3.54. The molecular weight excluding hydrogens is 216 g/mol. The number of anilines is 1.